The molecule has 1 heterocycles. The molecule has 1 fully saturated rings. The molecule has 7 heteroatoms. The number of hydrogen-bond donors (Lipinski definition) is 1. The predicted octanol–water partition coefficient (Wildman–Crippen LogP) is 2.93. The highest BCUT2D eigenvalue weighted by atomic mass is 32.2. The van der Waals surface area contributed by atoms with Gasteiger partial charge in [-0.05, 0) is 25.7 Å². The van der Waals surface area contributed by atoms with Crippen LogP contribution in [0.25, 0.3) is 0 Å². The highest BCUT2D eigenvalue weighted by Crippen LogP contribution is 2.26. The van der Waals surface area contributed by atoms with E-state index in [1.54, 1.807) is 6.07 Å². The van der Waals surface area contributed by atoms with Crippen LogP contribution in [0.4, 0.5) is 0 Å². The first-order chi connectivity index (χ1) is 10.7. The summed E-state index contributed by atoms with van der Waals surface area (Å²) in [4.78, 5) is 12.0. The van der Waals surface area contributed by atoms with Crippen molar-refractivity contribution in [3.63, 3.8) is 0 Å². The molecule has 0 aliphatic heterocycles. The number of aromatic nitrogens is 1. The highest BCUT2D eigenvalue weighted by molar-refractivity contribution is 8.13. The summed E-state index contributed by atoms with van der Waals surface area (Å²) in [6.45, 7) is 5.18. The number of hydrogen-bond acceptors (Lipinski definition) is 6. The molecule has 0 aromatic carbocycles. The summed E-state index contributed by atoms with van der Waals surface area (Å²) >= 11 is 1.53. The van der Waals surface area contributed by atoms with Crippen molar-refractivity contribution < 1.29 is 9.32 Å². The Kier molecular flexibility index (Phi) is 6.64. The van der Waals surface area contributed by atoms with Crippen molar-refractivity contribution in [1.82, 2.24) is 10.5 Å². The van der Waals surface area contributed by atoms with Gasteiger partial charge in [0.1, 0.15) is 5.76 Å². The van der Waals surface area contributed by atoms with Crippen LogP contribution in [0.15, 0.2) is 20.8 Å². The fraction of sp³-hybridized carbons (Fsp3) is 0.600. The summed E-state index contributed by atoms with van der Waals surface area (Å²) in [7, 11) is 0. The third kappa shape index (κ3) is 5.63. The Morgan fingerprint density at radius 3 is 2.91 bits per heavy atom. The molecule has 1 aliphatic carbocycles. The normalized spacial score (nSPS) is 16.5. The maximum atomic E-state index is 12.0. The van der Waals surface area contributed by atoms with E-state index < -0.39 is 0 Å². The molecule has 22 heavy (non-hydrogen) atoms. The van der Waals surface area contributed by atoms with Gasteiger partial charge in [0.15, 0.2) is 5.17 Å². The molecule has 0 spiro atoms. The van der Waals surface area contributed by atoms with E-state index in [0.717, 1.165) is 11.4 Å². The predicted molar refractivity (Wildman–Crippen MR) is 89.1 cm³/mol. The molecular weight excluding hydrogens is 300 g/mol. The quantitative estimate of drug-likeness (QED) is 0.513. The second-order valence-electron chi connectivity index (χ2n) is 5.52. The van der Waals surface area contributed by atoms with E-state index >= 15 is 0 Å². The zero-order chi connectivity index (χ0) is 15.8. The largest absolute Gasteiger partial charge is 0.361 e. The molecule has 1 aromatic rings. The average molecular weight is 322 g/mol. The molecule has 0 atom stereocenters. The van der Waals surface area contributed by atoms with Crippen LogP contribution in [0.3, 0.4) is 0 Å². The topological polar surface area (TPSA) is 79.9 Å². The number of nitrogens with zero attached hydrogens (tertiary/aromatic N) is 3. The lowest BCUT2D eigenvalue weighted by molar-refractivity contribution is -0.119. The number of amidine groups is 1. The first-order valence-electron chi connectivity index (χ1n) is 7.56. The Balaban J connectivity index is 1.81. The van der Waals surface area contributed by atoms with E-state index in [1.165, 1.54) is 43.9 Å². The average Bonchev–Trinajstić information content (AvgIpc) is 2.91. The minimum atomic E-state index is -0.185. The summed E-state index contributed by atoms with van der Waals surface area (Å²) in [6.07, 6.45) is 6.59. The zero-order valence-corrected chi connectivity index (χ0v) is 13.7. The number of amides is 1. The Morgan fingerprint density at radius 1 is 1.50 bits per heavy atom. The number of nitrogens with one attached hydrogen (secondary N) is 1. The van der Waals surface area contributed by atoms with Crippen molar-refractivity contribution in [1.29, 1.82) is 0 Å². The first-order valence-corrected chi connectivity index (χ1v) is 8.54. The van der Waals surface area contributed by atoms with Gasteiger partial charge in [-0.15, -0.1) is 5.10 Å². The van der Waals surface area contributed by atoms with E-state index in [0.29, 0.717) is 16.8 Å². The highest BCUT2D eigenvalue weighted by Gasteiger charge is 2.16. The summed E-state index contributed by atoms with van der Waals surface area (Å²) in [5, 5.41) is 14.5. The number of aryl methyl sites for hydroxylation is 1. The van der Waals surface area contributed by atoms with Crippen LogP contribution in [-0.2, 0) is 11.2 Å². The molecule has 0 unspecified atom stereocenters. The standard InChI is InChI=1S/C15H22N4O2S/c1-11-8-13(21-19-11)9-14(20)17-15(18-16-2)22-10-12-6-4-3-5-7-12/h8,12H,2-7,9-10H2,1H3,(H,17,18,20). The van der Waals surface area contributed by atoms with Gasteiger partial charge in [0.2, 0.25) is 5.91 Å². The summed E-state index contributed by atoms with van der Waals surface area (Å²) in [5.41, 5.74) is 0.760. The van der Waals surface area contributed by atoms with E-state index in [9.17, 15) is 4.79 Å². The van der Waals surface area contributed by atoms with Crippen LogP contribution in [0.2, 0.25) is 0 Å². The number of rotatable bonds is 5. The van der Waals surface area contributed by atoms with Crippen LogP contribution in [-0.4, -0.2) is 28.7 Å². The smallest absolute Gasteiger partial charge is 0.233 e. The Bertz CT molecular complexity index is 535. The molecular formula is C15H22N4O2S. The van der Waals surface area contributed by atoms with Gasteiger partial charge < -0.3 is 9.84 Å². The van der Waals surface area contributed by atoms with Gasteiger partial charge in [-0.25, -0.2) is 0 Å². The Morgan fingerprint density at radius 2 is 2.27 bits per heavy atom. The van der Waals surface area contributed by atoms with Crippen molar-refractivity contribution >= 4 is 29.6 Å². The molecule has 120 valence electrons. The third-order valence-electron chi connectivity index (χ3n) is 3.60. The van der Waals surface area contributed by atoms with E-state index in [4.69, 9.17) is 4.52 Å². The Labute approximate surface area is 134 Å². The Hall–Kier alpha value is -1.63. The SMILES string of the molecule is C=N/N=C(/NC(=O)Cc1cc(C)no1)SCC1CCCCC1. The molecule has 1 aliphatic rings. The monoisotopic (exact) mass is 322 g/mol. The minimum Gasteiger partial charge on any atom is -0.361 e. The van der Waals surface area contributed by atoms with Crippen LogP contribution in [0, 0.1) is 12.8 Å². The fourth-order valence-electron chi connectivity index (χ4n) is 2.53. The molecule has 1 N–H and O–H groups in total. The molecule has 1 aromatic heterocycles. The van der Waals surface area contributed by atoms with Gasteiger partial charge in [0.05, 0.1) is 12.1 Å². The summed E-state index contributed by atoms with van der Waals surface area (Å²) < 4.78 is 5.04. The van der Waals surface area contributed by atoms with Crippen molar-refractivity contribution in [3.05, 3.63) is 17.5 Å². The number of thioether (sulfide) groups is 1. The van der Waals surface area contributed by atoms with E-state index in [2.05, 4.69) is 27.4 Å². The van der Waals surface area contributed by atoms with Crippen molar-refractivity contribution in [3.8, 4) is 0 Å². The lowest BCUT2D eigenvalue weighted by Gasteiger charge is -2.21. The third-order valence-corrected chi connectivity index (χ3v) is 4.70. The van der Waals surface area contributed by atoms with Gasteiger partial charge in [-0.1, -0.05) is 36.2 Å². The maximum absolute atomic E-state index is 12.0. The van der Waals surface area contributed by atoms with Gasteiger partial charge in [-0.3, -0.25) is 4.79 Å². The molecule has 2 rings (SSSR count). The summed E-state index contributed by atoms with van der Waals surface area (Å²) in [5.74, 6) is 2.01. The zero-order valence-electron chi connectivity index (χ0n) is 12.9. The number of carbonyl (C=O) groups is 1. The van der Waals surface area contributed by atoms with Crippen LogP contribution in [0.5, 0.6) is 0 Å². The van der Waals surface area contributed by atoms with Gasteiger partial charge >= 0.3 is 0 Å². The second kappa shape index (κ2) is 8.73. The van der Waals surface area contributed by atoms with Crippen molar-refractivity contribution in [2.24, 2.45) is 16.1 Å². The second-order valence-corrected chi connectivity index (χ2v) is 6.53. The van der Waals surface area contributed by atoms with Crippen LogP contribution >= 0.6 is 11.8 Å². The van der Waals surface area contributed by atoms with E-state index in [1.807, 2.05) is 6.92 Å². The van der Waals surface area contributed by atoms with E-state index in [-0.39, 0.29) is 12.3 Å². The molecule has 0 bridgehead atoms. The maximum Gasteiger partial charge on any atom is 0.233 e. The van der Waals surface area contributed by atoms with Crippen molar-refractivity contribution in [2.45, 2.75) is 45.4 Å². The molecule has 0 saturated heterocycles. The lowest BCUT2D eigenvalue weighted by atomic mass is 9.91. The van der Waals surface area contributed by atoms with Crippen LogP contribution in [0.1, 0.15) is 43.6 Å². The van der Waals surface area contributed by atoms with Crippen LogP contribution < -0.4 is 5.32 Å². The van der Waals surface area contributed by atoms with Gasteiger partial charge in [-0.2, -0.15) is 5.10 Å². The number of carbonyl (C=O) groups excluding carboxylic acids is 1. The minimum absolute atomic E-state index is 0.140. The van der Waals surface area contributed by atoms with Crippen molar-refractivity contribution in [2.75, 3.05) is 5.75 Å². The lowest BCUT2D eigenvalue weighted by Crippen LogP contribution is -2.30. The summed E-state index contributed by atoms with van der Waals surface area (Å²) in [6, 6.07) is 1.75. The van der Waals surface area contributed by atoms with Gasteiger partial charge in [0, 0.05) is 18.5 Å². The van der Waals surface area contributed by atoms with Gasteiger partial charge in [0.25, 0.3) is 0 Å². The fourth-order valence-corrected chi connectivity index (χ4v) is 3.55. The first kappa shape index (κ1) is 16.7. The molecule has 1 saturated carbocycles. The molecule has 1 amide bonds. The molecule has 6 nitrogen and oxygen atoms in total. The molecule has 0 radical (unpaired) electrons.